The molecule has 0 radical (unpaired) electrons. The third kappa shape index (κ3) is 2.66. The van der Waals surface area contributed by atoms with Gasteiger partial charge in [0.05, 0.1) is 0 Å². The maximum atomic E-state index is 2.74. The third-order valence-electron chi connectivity index (χ3n) is 1.06. The lowest BCUT2D eigenvalue weighted by Gasteiger charge is -2.21. The highest BCUT2D eigenvalue weighted by atomic mass is 31.0. The van der Waals surface area contributed by atoms with Gasteiger partial charge in [0.2, 0.25) is 0 Å². The van der Waals surface area contributed by atoms with Gasteiger partial charge < -0.3 is 9.62 Å². The quantitative estimate of drug-likeness (QED) is 0.384. The van der Waals surface area contributed by atoms with Gasteiger partial charge in [-0.3, -0.25) is 0 Å². The molecule has 0 aliphatic carbocycles. The molecule has 8 heavy (non-hydrogen) atoms. The maximum Gasteiger partial charge on any atom is 0.332 e. The van der Waals surface area contributed by atoms with E-state index in [-0.39, 0.29) is 0 Å². The van der Waals surface area contributed by atoms with Crippen LogP contribution in [0.5, 0.6) is 0 Å². The Morgan fingerprint density at radius 2 is 1.25 bits per heavy atom. The van der Waals surface area contributed by atoms with Crippen LogP contribution in [0.3, 0.4) is 0 Å². The van der Waals surface area contributed by atoms with E-state index in [1.165, 1.54) is 0 Å². The predicted molar refractivity (Wildman–Crippen MR) is 42.8 cm³/mol. The monoisotopic (exact) mass is 132 g/mol. The van der Waals surface area contributed by atoms with Crippen molar-refractivity contribution in [2.45, 2.75) is 0 Å². The summed E-state index contributed by atoms with van der Waals surface area (Å²) in [6.45, 7) is 0.454. The van der Waals surface area contributed by atoms with Gasteiger partial charge in [0.1, 0.15) is 0 Å². The molecule has 0 N–H and O–H groups in total. The molecule has 2 nitrogen and oxygen atoms in total. The van der Waals surface area contributed by atoms with E-state index in [1.54, 1.807) is 0 Å². The van der Waals surface area contributed by atoms with Crippen LogP contribution in [0, 0.1) is 0 Å². The second-order valence-electron chi connectivity index (χ2n) is 2.34. The first-order valence-electron chi connectivity index (χ1n) is 2.64. The Morgan fingerprint density at radius 3 is 1.25 bits per heavy atom. The first-order chi connectivity index (χ1) is 3.55. The van der Waals surface area contributed by atoms with Crippen LogP contribution in [0.25, 0.3) is 0 Å². The van der Waals surface area contributed by atoms with E-state index >= 15 is 0 Å². The summed E-state index contributed by atoms with van der Waals surface area (Å²) in [6, 6.07) is 0. The molecule has 48 valence electrons. The van der Waals surface area contributed by atoms with Crippen LogP contribution in [0.2, 0.25) is 0 Å². The molecule has 1 unspecified atom stereocenters. The highest BCUT2D eigenvalue weighted by molar-refractivity contribution is 7.60. The Bertz CT molecular complexity index is 59.1. The first kappa shape index (κ1) is 8.41. The summed E-state index contributed by atoms with van der Waals surface area (Å²) in [5, 5.41) is 0. The van der Waals surface area contributed by atoms with Crippen LogP contribution >= 0.6 is 9.12 Å². The van der Waals surface area contributed by atoms with Gasteiger partial charge in [0.25, 0.3) is 0 Å². The lowest BCUT2D eigenvalue weighted by Crippen LogP contribution is -2.40. The van der Waals surface area contributed by atoms with E-state index in [0.717, 1.165) is 0 Å². The van der Waals surface area contributed by atoms with Crippen molar-refractivity contribution in [3.63, 3.8) is 0 Å². The molecule has 0 spiro atoms. The minimum Gasteiger partial charge on any atom is -0.330 e. The van der Waals surface area contributed by atoms with Crippen molar-refractivity contribution in [3.05, 3.63) is 0 Å². The van der Waals surface area contributed by atoms with Crippen molar-refractivity contribution in [2.24, 2.45) is 0 Å². The van der Waals surface area contributed by atoms with E-state index in [4.69, 9.17) is 0 Å². The summed E-state index contributed by atoms with van der Waals surface area (Å²) in [5.74, 6) is 0. The summed E-state index contributed by atoms with van der Waals surface area (Å²) in [7, 11) is 11.0. The highest BCUT2D eigenvalue weighted by Crippen LogP contribution is 1.98. The number of hydrogen-bond acceptors (Lipinski definition) is 2. The van der Waals surface area contributed by atoms with Gasteiger partial charge in [-0.1, -0.05) is 0 Å². The van der Waals surface area contributed by atoms with Crippen molar-refractivity contribution < 1.29 is 0 Å². The van der Waals surface area contributed by atoms with Gasteiger partial charge >= 0.3 is 6.70 Å². The molecule has 1 atom stereocenters. The highest BCUT2D eigenvalue weighted by Gasteiger charge is 2.11. The zero-order valence-corrected chi connectivity index (χ0v) is 7.20. The molecule has 0 rings (SSSR count). The van der Waals surface area contributed by atoms with E-state index in [1.807, 2.05) is 0 Å². The predicted octanol–water partition coefficient (Wildman–Crippen LogP) is -0.0304. The molecule has 0 aliphatic heterocycles. The van der Waals surface area contributed by atoms with Gasteiger partial charge in [0, 0.05) is 0 Å². The van der Waals surface area contributed by atoms with Crippen molar-refractivity contribution in [3.8, 4) is 0 Å². The first-order valence-corrected chi connectivity index (χ1v) is 3.31. The minimum absolute atomic E-state index is 0.454. The summed E-state index contributed by atoms with van der Waals surface area (Å²) < 4.78 is 0. The fourth-order valence-electron chi connectivity index (χ4n) is 0.462. The number of nitrogens with zero attached hydrogens (tertiary/aromatic N) is 2. The Labute approximate surface area is 54.5 Å². The molecule has 0 fully saturated rings. The summed E-state index contributed by atoms with van der Waals surface area (Å²) in [6.07, 6.45) is 0. The Balaban J connectivity index is 3.46. The van der Waals surface area contributed by atoms with Gasteiger partial charge in [-0.2, -0.15) is 0 Å². The standard InChI is InChI=1S/C4H14BN2P/c1-6(2)5(8)7(3)4/h8H2,1-4H3. The molecule has 0 saturated carbocycles. The fourth-order valence-corrected chi connectivity index (χ4v) is 0.462. The number of hydrogen-bond donors (Lipinski definition) is 0. The van der Waals surface area contributed by atoms with Crippen LogP contribution in [0.15, 0.2) is 0 Å². The normalized spacial score (nSPS) is 10.9. The van der Waals surface area contributed by atoms with Gasteiger partial charge in [-0.25, -0.2) is 0 Å². The minimum atomic E-state index is 0.454. The van der Waals surface area contributed by atoms with Crippen LogP contribution in [-0.4, -0.2) is 44.5 Å². The summed E-state index contributed by atoms with van der Waals surface area (Å²) >= 11 is 0. The zero-order valence-electron chi connectivity index (χ0n) is 6.05. The van der Waals surface area contributed by atoms with E-state index in [2.05, 4.69) is 46.9 Å². The third-order valence-corrected chi connectivity index (χ3v) is 2.25. The van der Waals surface area contributed by atoms with Crippen molar-refractivity contribution in [2.75, 3.05) is 28.2 Å². The van der Waals surface area contributed by atoms with E-state index in [0.29, 0.717) is 6.70 Å². The molecular formula is C4H14BN2P. The Hall–Kier alpha value is 0.415. The zero-order chi connectivity index (χ0) is 6.73. The molecule has 0 amide bonds. The second-order valence-corrected chi connectivity index (χ2v) is 2.94. The SMILES string of the molecule is CN(C)B(P)N(C)C. The topological polar surface area (TPSA) is 6.48 Å². The smallest absolute Gasteiger partial charge is 0.330 e. The van der Waals surface area contributed by atoms with E-state index < -0.39 is 0 Å². The lowest BCUT2D eigenvalue weighted by atomic mass is 10.1. The molecule has 0 heterocycles. The summed E-state index contributed by atoms with van der Waals surface area (Å²) in [4.78, 5) is 4.26. The van der Waals surface area contributed by atoms with Crippen LogP contribution in [0.4, 0.5) is 0 Å². The van der Waals surface area contributed by atoms with Gasteiger partial charge in [0.15, 0.2) is 0 Å². The maximum absolute atomic E-state index is 2.74. The van der Waals surface area contributed by atoms with Crippen LogP contribution < -0.4 is 0 Å². The van der Waals surface area contributed by atoms with Crippen LogP contribution in [0.1, 0.15) is 0 Å². The largest absolute Gasteiger partial charge is 0.332 e. The average molecular weight is 132 g/mol. The van der Waals surface area contributed by atoms with Gasteiger partial charge in [-0.05, 0) is 28.2 Å². The average Bonchev–Trinajstić information content (AvgIpc) is 1.64. The fraction of sp³-hybridized carbons (Fsp3) is 1.00. The van der Waals surface area contributed by atoms with E-state index in [9.17, 15) is 0 Å². The summed E-state index contributed by atoms with van der Waals surface area (Å²) in [5.41, 5.74) is 0. The molecule has 0 aromatic heterocycles. The molecular weight excluding hydrogens is 118 g/mol. The molecule has 0 bridgehead atoms. The van der Waals surface area contributed by atoms with Crippen molar-refractivity contribution in [1.82, 2.24) is 9.62 Å². The van der Waals surface area contributed by atoms with Crippen LogP contribution in [-0.2, 0) is 0 Å². The molecule has 0 aromatic carbocycles. The molecule has 0 aromatic rings. The lowest BCUT2D eigenvalue weighted by molar-refractivity contribution is 0.541. The van der Waals surface area contributed by atoms with Crippen molar-refractivity contribution >= 4 is 15.8 Å². The number of rotatable bonds is 2. The molecule has 0 saturated heterocycles. The molecule has 0 aliphatic rings. The van der Waals surface area contributed by atoms with Crippen molar-refractivity contribution in [1.29, 1.82) is 0 Å². The second kappa shape index (κ2) is 3.44. The van der Waals surface area contributed by atoms with Gasteiger partial charge in [-0.15, -0.1) is 9.12 Å². The Kier molecular flexibility index (Phi) is 3.62. The molecule has 4 heteroatoms. The Morgan fingerprint density at radius 1 is 1.00 bits per heavy atom.